The van der Waals surface area contributed by atoms with Crippen molar-refractivity contribution in [3.05, 3.63) is 114 Å². The van der Waals surface area contributed by atoms with E-state index in [1.807, 2.05) is 30.3 Å². The van der Waals surface area contributed by atoms with Crippen LogP contribution in [0.2, 0.25) is 0 Å². The first kappa shape index (κ1) is 24.5. The minimum Gasteiger partial charge on any atom is -0.493 e. The van der Waals surface area contributed by atoms with Crippen LogP contribution in [0.15, 0.2) is 95.6 Å². The minimum atomic E-state index is -1.17. The van der Waals surface area contributed by atoms with E-state index in [2.05, 4.69) is 5.32 Å². The molecule has 2 amide bonds. The van der Waals surface area contributed by atoms with Gasteiger partial charge in [-0.25, -0.2) is 4.39 Å². The molecule has 0 saturated carbocycles. The van der Waals surface area contributed by atoms with Gasteiger partial charge in [-0.1, -0.05) is 30.3 Å². The number of amides is 2. The van der Waals surface area contributed by atoms with Gasteiger partial charge < -0.3 is 19.2 Å². The maximum absolute atomic E-state index is 13.9. The standard InChI is InChI=1S/C28H25FN2O5/c1-34-23-15-10-20(17-25(23)35-2)28(33)31(22-13-11-21(29)12-14-22)26(24-9-6-16-36-24)27(32)30-18-19-7-4-3-5-8-19/h3-17,26H,18H2,1-2H3,(H,30,32). The Balaban J connectivity index is 1.77. The number of ether oxygens (including phenoxy) is 2. The van der Waals surface area contributed by atoms with Crippen molar-refractivity contribution in [2.24, 2.45) is 0 Å². The first-order valence-electron chi connectivity index (χ1n) is 11.2. The van der Waals surface area contributed by atoms with Crippen LogP contribution < -0.4 is 19.7 Å². The van der Waals surface area contributed by atoms with Gasteiger partial charge in [0.2, 0.25) is 0 Å². The quantitative estimate of drug-likeness (QED) is 0.353. The summed E-state index contributed by atoms with van der Waals surface area (Å²) in [4.78, 5) is 28.8. The highest BCUT2D eigenvalue weighted by Gasteiger charge is 2.35. The Morgan fingerprint density at radius 2 is 1.64 bits per heavy atom. The van der Waals surface area contributed by atoms with Crippen LogP contribution in [0.1, 0.15) is 27.7 Å². The maximum atomic E-state index is 13.9. The van der Waals surface area contributed by atoms with Gasteiger partial charge in [-0.15, -0.1) is 0 Å². The number of hydrogen-bond acceptors (Lipinski definition) is 5. The van der Waals surface area contributed by atoms with Crippen molar-refractivity contribution < 1.29 is 27.9 Å². The molecule has 0 spiro atoms. The molecular weight excluding hydrogens is 463 g/mol. The third-order valence-electron chi connectivity index (χ3n) is 5.58. The zero-order chi connectivity index (χ0) is 25.5. The molecule has 0 bridgehead atoms. The SMILES string of the molecule is COc1ccc(C(=O)N(c2ccc(F)cc2)C(C(=O)NCc2ccccc2)c2ccco2)cc1OC. The third-order valence-corrected chi connectivity index (χ3v) is 5.58. The molecule has 0 fully saturated rings. The molecule has 1 unspecified atom stereocenters. The summed E-state index contributed by atoms with van der Waals surface area (Å²) in [6, 6.07) is 21.5. The van der Waals surface area contributed by atoms with Gasteiger partial charge in [0.1, 0.15) is 11.6 Å². The van der Waals surface area contributed by atoms with E-state index in [4.69, 9.17) is 13.9 Å². The van der Waals surface area contributed by atoms with Crippen molar-refractivity contribution in [1.29, 1.82) is 0 Å². The molecule has 7 nitrogen and oxygen atoms in total. The number of furan rings is 1. The zero-order valence-corrected chi connectivity index (χ0v) is 19.8. The van der Waals surface area contributed by atoms with Crippen LogP contribution in [0.25, 0.3) is 0 Å². The average molecular weight is 489 g/mol. The Hall–Kier alpha value is -4.59. The molecule has 0 aliphatic carbocycles. The van der Waals surface area contributed by atoms with Crippen molar-refractivity contribution in [3.63, 3.8) is 0 Å². The zero-order valence-electron chi connectivity index (χ0n) is 19.8. The van der Waals surface area contributed by atoms with Crippen LogP contribution >= 0.6 is 0 Å². The molecule has 0 aliphatic heterocycles. The molecule has 4 aromatic rings. The molecule has 8 heteroatoms. The normalized spacial score (nSPS) is 11.4. The summed E-state index contributed by atoms with van der Waals surface area (Å²) >= 11 is 0. The highest BCUT2D eigenvalue weighted by molar-refractivity contribution is 6.10. The number of carbonyl (C=O) groups is 2. The topological polar surface area (TPSA) is 81.0 Å². The lowest BCUT2D eigenvalue weighted by molar-refractivity contribution is -0.123. The molecule has 4 rings (SSSR count). The predicted octanol–water partition coefficient (Wildman–Crippen LogP) is 5.14. The first-order chi connectivity index (χ1) is 17.5. The van der Waals surface area contributed by atoms with Gasteiger partial charge >= 0.3 is 0 Å². The van der Waals surface area contributed by atoms with Gasteiger partial charge in [0, 0.05) is 17.8 Å². The molecule has 0 radical (unpaired) electrons. The number of hydrogen-bond donors (Lipinski definition) is 1. The minimum absolute atomic E-state index is 0.240. The van der Waals surface area contributed by atoms with Crippen molar-refractivity contribution in [2.45, 2.75) is 12.6 Å². The van der Waals surface area contributed by atoms with E-state index in [0.717, 1.165) is 5.56 Å². The first-order valence-corrected chi connectivity index (χ1v) is 11.2. The van der Waals surface area contributed by atoms with E-state index in [1.165, 1.54) is 55.7 Å². The van der Waals surface area contributed by atoms with Crippen molar-refractivity contribution in [1.82, 2.24) is 5.32 Å². The number of methoxy groups -OCH3 is 2. The van der Waals surface area contributed by atoms with Crippen LogP contribution in [0, 0.1) is 5.82 Å². The summed E-state index contributed by atoms with van der Waals surface area (Å²) in [5.74, 6) is -0.402. The van der Waals surface area contributed by atoms with Gasteiger partial charge in [0.15, 0.2) is 17.5 Å². The fourth-order valence-corrected chi connectivity index (χ4v) is 3.80. The molecule has 184 valence electrons. The van der Waals surface area contributed by atoms with Crippen molar-refractivity contribution in [3.8, 4) is 11.5 Å². The van der Waals surface area contributed by atoms with E-state index < -0.39 is 23.7 Å². The molecule has 0 aliphatic rings. The maximum Gasteiger partial charge on any atom is 0.259 e. The predicted molar refractivity (Wildman–Crippen MR) is 132 cm³/mol. The van der Waals surface area contributed by atoms with Crippen molar-refractivity contribution in [2.75, 3.05) is 19.1 Å². The van der Waals surface area contributed by atoms with Crippen LogP contribution in [-0.4, -0.2) is 26.0 Å². The van der Waals surface area contributed by atoms with Crippen LogP contribution in [-0.2, 0) is 11.3 Å². The number of anilines is 1. The summed E-state index contributed by atoms with van der Waals surface area (Å²) in [6.07, 6.45) is 1.43. The summed E-state index contributed by atoms with van der Waals surface area (Å²) in [7, 11) is 2.96. The highest BCUT2D eigenvalue weighted by Crippen LogP contribution is 2.33. The lowest BCUT2D eigenvalue weighted by Crippen LogP contribution is -2.43. The Kier molecular flexibility index (Phi) is 7.65. The Morgan fingerprint density at radius 1 is 0.917 bits per heavy atom. The van der Waals surface area contributed by atoms with Gasteiger partial charge in [-0.3, -0.25) is 14.5 Å². The molecule has 1 heterocycles. The lowest BCUT2D eigenvalue weighted by Gasteiger charge is -2.30. The van der Waals surface area contributed by atoms with E-state index >= 15 is 0 Å². The second-order valence-electron chi connectivity index (χ2n) is 7.84. The van der Waals surface area contributed by atoms with Gasteiger partial charge in [0.05, 0.1) is 20.5 Å². The fourth-order valence-electron chi connectivity index (χ4n) is 3.80. The van der Waals surface area contributed by atoms with E-state index in [9.17, 15) is 14.0 Å². The Morgan fingerprint density at radius 3 is 2.28 bits per heavy atom. The van der Waals surface area contributed by atoms with Crippen LogP contribution in [0.4, 0.5) is 10.1 Å². The number of nitrogens with zero attached hydrogens (tertiary/aromatic N) is 1. The van der Waals surface area contributed by atoms with Gasteiger partial charge in [0.25, 0.3) is 11.8 Å². The fraction of sp³-hybridized carbons (Fsp3) is 0.143. The summed E-state index contributed by atoms with van der Waals surface area (Å²) in [5, 5.41) is 2.88. The lowest BCUT2D eigenvalue weighted by atomic mass is 10.1. The largest absolute Gasteiger partial charge is 0.493 e. The summed E-state index contributed by atoms with van der Waals surface area (Å²) in [5.41, 5.74) is 1.44. The summed E-state index contributed by atoms with van der Waals surface area (Å²) < 4.78 is 30.0. The Bertz CT molecular complexity index is 1310. The number of carbonyl (C=O) groups excluding carboxylic acids is 2. The third kappa shape index (κ3) is 5.38. The van der Waals surface area contributed by atoms with E-state index in [1.54, 1.807) is 24.3 Å². The smallest absolute Gasteiger partial charge is 0.259 e. The molecule has 1 aromatic heterocycles. The molecule has 3 aromatic carbocycles. The van der Waals surface area contributed by atoms with Crippen molar-refractivity contribution >= 4 is 17.5 Å². The number of benzene rings is 3. The molecule has 0 saturated heterocycles. The molecule has 1 atom stereocenters. The number of rotatable bonds is 9. The van der Waals surface area contributed by atoms with Crippen LogP contribution in [0.5, 0.6) is 11.5 Å². The van der Waals surface area contributed by atoms with E-state index in [0.29, 0.717) is 17.2 Å². The van der Waals surface area contributed by atoms with Crippen LogP contribution in [0.3, 0.4) is 0 Å². The Labute approximate surface area is 208 Å². The second kappa shape index (κ2) is 11.2. The van der Waals surface area contributed by atoms with E-state index in [-0.39, 0.29) is 17.9 Å². The molecule has 1 N–H and O–H groups in total. The highest BCUT2D eigenvalue weighted by atomic mass is 19.1. The number of halogens is 1. The van der Waals surface area contributed by atoms with Gasteiger partial charge in [-0.2, -0.15) is 0 Å². The monoisotopic (exact) mass is 488 g/mol. The summed E-state index contributed by atoms with van der Waals surface area (Å²) in [6.45, 7) is 0.249. The van der Waals surface area contributed by atoms with Gasteiger partial charge in [-0.05, 0) is 60.2 Å². The molecule has 36 heavy (non-hydrogen) atoms. The number of nitrogens with one attached hydrogen (secondary N) is 1. The average Bonchev–Trinajstić information content (AvgIpc) is 3.45. The molecular formula is C28H25FN2O5. The second-order valence-corrected chi connectivity index (χ2v) is 7.84.